The molecule has 3 aromatic carbocycles. The maximum atomic E-state index is 5.39. The molecule has 2 aliphatic carbocycles. The molecule has 0 radical (unpaired) electrons. The number of hydrogen-bond acceptors (Lipinski definition) is 1. The van der Waals surface area contributed by atoms with E-state index >= 15 is 0 Å². The molecule has 0 saturated heterocycles. The predicted molar refractivity (Wildman–Crippen MR) is 131 cm³/mol. The highest BCUT2D eigenvalue weighted by atomic mass is 31.1. The maximum absolute atomic E-state index is 5.39. The van der Waals surface area contributed by atoms with E-state index in [1.807, 2.05) is 0 Å². The van der Waals surface area contributed by atoms with E-state index < -0.39 is 7.92 Å². The Hall–Kier alpha value is -2.24. The maximum Gasteiger partial charge on any atom is 0.0712 e. The fourth-order valence-corrected chi connectivity index (χ4v) is 7.97. The van der Waals surface area contributed by atoms with Gasteiger partial charge in [-0.25, -0.2) is 0 Å². The zero-order valence-corrected chi connectivity index (χ0v) is 19.1. The Bertz CT molecular complexity index is 1030. The first-order valence-electron chi connectivity index (χ1n) is 11.1. The Morgan fingerprint density at radius 3 is 1.87 bits per heavy atom. The zero-order chi connectivity index (χ0) is 20.8. The van der Waals surface area contributed by atoms with Crippen LogP contribution in [0.15, 0.2) is 89.9 Å². The summed E-state index contributed by atoms with van der Waals surface area (Å²) in [6.45, 7) is 7.39. The van der Waals surface area contributed by atoms with E-state index in [0.29, 0.717) is 16.7 Å². The van der Waals surface area contributed by atoms with Crippen LogP contribution in [0, 0.1) is 16.7 Å². The van der Waals surface area contributed by atoms with Crippen molar-refractivity contribution in [1.82, 2.24) is 0 Å². The number of nitrogens with zero attached hydrogens (tertiary/aromatic N) is 1. The third-order valence-corrected chi connectivity index (χ3v) is 10.3. The van der Waals surface area contributed by atoms with Gasteiger partial charge in [-0.3, -0.25) is 4.99 Å². The highest BCUT2D eigenvalue weighted by Gasteiger charge is 2.59. The number of para-hydroxylation sites is 1. The molecule has 5 rings (SSSR count). The van der Waals surface area contributed by atoms with E-state index in [1.54, 1.807) is 0 Å². The third-order valence-electron chi connectivity index (χ3n) is 7.80. The first-order chi connectivity index (χ1) is 14.5. The minimum Gasteiger partial charge on any atom is -0.257 e. The van der Waals surface area contributed by atoms with Crippen molar-refractivity contribution in [2.24, 2.45) is 21.7 Å². The molecule has 2 fully saturated rings. The van der Waals surface area contributed by atoms with Gasteiger partial charge in [0.2, 0.25) is 0 Å². The van der Waals surface area contributed by atoms with E-state index in [4.69, 9.17) is 4.99 Å². The summed E-state index contributed by atoms with van der Waals surface area (Å²) < 4.78 is 0. The average molecular weight is 412 g/mol. The van der Waals surface area contributed by atoms with Crippen molar-refractivity contribution in [3.8, 4) is 0 Å². The Morgan fingerprint density at radius 2 is 1.33 bits per heavy atom. The number of benzene rings is 3. The second-order valence-corrected chi connectivity index (χ2v) is 11.8. The Labute approximate surface area is 182 Å². The molecule has 2 aliphatic rings. The third kappa shape index (κ3) is 3.15. The minimum absolute atomic E-state index is 0.352. The summed E-state index contributed by atoms with van der Waals surface area (Å²) in [6.07, 6.45) is 3.77. The van der Waals surface area contributed by atoms with Gasteiger partial charge in [-0.15, -0.1) is 0 Å². The highest BCUT2D eigenvalue weighted by molar-refractivity contribution is 7.80. The van der Waals surface area contributed by atoms with Crippen LogP contribution in [0.25, 0.3) is 0 Å². The fourth-order valence-electron chi connectivity index (χ4n) is 5.59. The summed E-state index contributed by atoms with van der Waals surface area (Å²) in [5.74, 6) is 0.621. The quantitative estimate of drug-likeness (QED) is 0.443. The topological polar surface area (TPSA) is 12.4 Å². The summed E-state index contributed by atoms with van der Waals surface area (Å²) in [5, 5.41) is 4.13. The molecular weight excluding hydrogens is 381 g/mol. The minimum atomic E-state index is -0.638. The van der Waals surface area contributed by atoms with E-state index in [9.17, 15) is 0 Å². The van der Waals surface area contributed by atoms with Gasteiger partial charge in [-0.05, 0) is 54.7 Å². The summed E-state index contributed by atoms with van der Waals surface area (Å²) in [5.41, 5.74) is 3.34. The molecule has 2 heteroatoms. The molecule has 0 amide bonds. The van der Waals surface area contributed by atoms with Crippen molar-refractivity contribution in [1.29, 1.82) is 0 Å². The molecular formula is C28H30NP. The molecule has 0 aliphatic heterocycles. The van der Waals surface area contributed by atoms with Gasteiger partial charge in [0.1, 0.15) is 0 Å². The molecule has 0 aromatic heterocycles. The van der Waals surface area contributed by atoms with E-state index in [1.165, 1.54) is 40.2 Å². The molecule has 30 heavy (non-hydrogen) atoms. The lowest BCUT2D eigenvalue weighted by molar-refractivity contribution is 0.152. The number of hydrogen-bond donors (Lipinski definition) is 0. The van der Waals surface area contributed by atoms with E-state index in [2.05, 4.69) is 106 Å². The Kier molecular flexibility index (Phi) is 4.91. The summed E-state index contributed by atoms with van der Waals surface area (Å²) in [6, 6.07) is 30.7. The van der Waals surface area contributed by atoms with Crippen LogP contribution in [0.2, 0.25) is 0 Å². The van der Waals surface area contributed by atoms with Gasteiger partial charge < -0.3 is 0 Å². The lowest BCUT2D eigenvalue weighted by atomic mass is 9.71. The van der Waals surface area contributed by atoms with Crippen LogP contribution in [0.5, 0.6) is 0 Å². The normalized spacial score (nSPS) is 25.9. The molecule has 2 bridgehead atoms. The lowest BCUT2D eigenvalue weighted by Gasteiger charge is -2.33. The molecule has 2 saturated carbocycles. The standard InChI is InChI=1S/C28H30NP/c1-27(2)23-18-19-28(27,3)20-25(23)29-24-16-10-11-17-26(24)30(21-12-6-4-7-13-21)22-14-8-5-9-15-22/h4-17,23H,18-20H2,1-3H3/t23-,28+/m0/s1. The van der Waals surface area contributed by atoms with Gasteiger partial charge in [0.15, 0.2) is 0 Å². The van der Waals surface area contributed by atoms with Crippen LogP contribution >= 0.6 is 7.92 Å². The van der Waals surface area contributed by atoms with Crippen LogP contribution in [0.1, 0.15) is 40.0 Å². The molecule has 152 valence electrons. The van der Waals surface area contributed by atoms with Gasteiger partial charge in [-0.2, -0.15) is 0 Å². The summed E-state index contributed by atoms with van der Waals surface area (Å²) in [4.78, 5) is 5.39. The smallest absolute Gasteiger partial charge is 0.0712 e. The molecule has 2 atom stereocenters. The number of fused-ring (bicyclic) bond motifs is 2. The van der Waals surface area contributed by atoms with Crippen molar-refractivity contribution in [3.63, 3.8) is 0 Å². The Balaban J connectivity index is 1.62. The van der Waals surface area contributed by atoms with Crippen LogP contribution in [0.4, 0.5) is 5.69 Å². The van der Waals surface area contributed by atoms with Crippen LogP contribution < -0.4 is 15.9 Å². The SMILES string of the molecule is CC1(C)[C@H]2CC[C@]1(C)CC2=Nc1ccccc1P(c1ccccc1)c1ccccc1. The number of rotatable bonds is 4. The van der Waals surface area contributed by atoms with E-state index in [-0.39, 0.29) is 0 Å². The van der Waals surface area contributed by atoms with Crippen LogP contribution in [-0.2, 0) is 0 Å². The first kappa shape index (κ1) is 19.7. The predicted octanol–water partition coefficient (Wildman–Crippen LogP) is 6.36. The molecule has 0 spiro atoms. The fraction of sp³-hybridized carbons (Fsp3) is 0.321. The highest BCUT2D eigenvalue weighted by Crippen LogP contribution is 2.64. The van der Waals surface area contributed by atoms with Crippen LogP contribution in [-0.4, -0.2) is 5.71 Å². The summed E-state index contributed by atoms with van der Waals surface area (Å²) in [7, 11) is -0.638. The van der Waals surface area contributed by atoms with Crippen molar-refractivity contribution >= 4 is 35.2 Å². The lowest BCUT2D eigenvalue weighted by Crippen LogP contribution is -2.26. The monoisotopic (exact) mass is 411 g/mol. The second-order valence-electron chi connectivity index (χ2n) is 9.65. The molecule has 0 heterocycles. The van der Waals surface area contributed by atoms with Gasteiger partial charge in [0.25, 0.3) is 0 Å². The van der Waals surface area contributed by atoms with Crippen molar-refractivity contribution < 1.29 is 0 Å². The van der Waals surface area contributed by atoms with Gasteiger partial charge in [-0.1, -0.05) is 99.6 Å². The van der Waals surface area contributed by atoms with Crippen molar-refractivity contribution in [2.75, 3.05) is 0 Å². The molecule has 1 nitrogen and oxygen atoms in total. The molecule has 0 unspecified atom stereocenters. The van der Waals surface area contributed by atoms with Gasteiger partial charge >= 0.3 is 0 Å². The first-order valence-corrected chi connectivity index (χ1v) is 12.4. The second kappa shape index (κ2) is 7.47. The van der Waals surface area contributed by atoms with Gasteiger partial charge in [0.05, 0.1) is 5.69 Å². The largest absolute Gasteiger partial charge is 0.257 e. The Morgan fingerprint density at radius 1 is 0.767 bits per heavy atom. The van der Waals surface area contributed by atoms with Crippen molar-refractivity contribution in [3.05, 3.63) is 84.9 Å². The summed E-state index contributed by atoms with van der Waals surface area (Å²) >= 11 is 0. The average Bonchev–Trinajstić information content (AvgIpc) is 3.10. The molecule has 3 aromatic rings. The van der Waals surface area contributed by atoms with Crippen molar-refractivity contribution in [2.45, 2.75) is 40.0 Å². The zero-order valence-electron chi connectivity index (χ0n) is 18.2. The van der Waals surface area contributed by atoms with Crippen LogP contribution in [0.3, 0.4) is 0 Å². The molecule has 0 N–H and O–H groups in total. The van der Waals surface area contributed by atoms with Gasteiger partial charge in [0, 0.05) is 16.9 Å². The van der Waals surface area contributed by atoms with E-state index in [0.717, 1.165) is 6.42 Å². The number of aliphatic imine (C=N–C) groups is 1.